The normalized spacial score (nSPS) is 12.0. The van der Waals surface area contributed by atoms with Gasteiger partial charge in [-0.25, -0.2) is 4.79 Å². The molecule has 1 unspecified atom stereocenters. The molecule has 1 aromatic carbocycles. The molecule has 0 radical (unpaired) electrons. The van der Waals surface area contributed by atoms with Crippen molar-refractivity contribution in [1.82, 2.24) is 9.55 Å². The summed E-state index contributed by atoms with van der Waals surface area (Å²) in [6.45, 7) is 1.93. The summed E-state index contributed by atoms with van der Waals surface area (Å²) in [7, 11) is 0. The van der Waals surface area contributed by atoms with Gasteiger partial charge in [0.25, 0.3) is 5.56 Å². The molecule has 0 aliphatic carbocycles. The molecule has 0 bridgehead atoms. The average Bonchev–Trinajstić information content (AvgIpc) is 2.69. The zero-order valence-corrected chi connectivity index (χ0v) is 16.0. The van der Waals surface area contributed by atoms with Crippen LogP contribution in [0, 0.1) is 11.8 Å². The number of allylic oxidation sites excluding steroid dienone is 1. The Morgan fingerprint density at radius 1 is 1.18 bits per heavy atom. The Morgan fingerprint density at radius 2 is 1.93 bits per heavy atom. The highest BCUT2D eigenvalue weighted by Gasteiger charge is 2.02. The van der Waals surface area contributed by atoms with E-state index in [1.807, 2.05) is 24.3 Å². The number of hydrogen-bond acceptors (Lipinski definition) is 4. The highest BCUT2D eigenvalue weighted by molar-refractivity contribution is 5.42. The maximum absolute atomic E-state index is 12.0. The number of aromatic nitrogens is 2. The molecule has 6 heteroatoms. The number of aliphatic hydroxyl groups is 2. The molecule has 28 heavy (non-hydrogen) atoms. The van der Waals surface area contributed by atoms with Gasteiger partial charge in [0.15, 0.2) is 0 Å². The van der Waals surface area contributed by atoms with E-state index in [4.69, 9.17) is 5.11 Å². The predicted molar refractivity (Wildman–Crippen MR) is 109 cm³/mol. The quantitative estimate of drug-likeness (QED) is 0.367. The van der Waals surface area contributed by atoms with Crippen LogP contribution in [0.1, 0.15) is 42.9 Å². The lowest BCUT2D eigenvalue weighted by molar-refractivity contribution is 0.131. The molecular formula is C22H26N2O4. The van der Waals surface area contributed by atoms with Crippen LogP contribution in [0.3, 0.4) is 0 Å². The van der Waals surface area contributed by atoms with Gasteiger partial charge < -0.3 is 10.2 Å². The van der Waals surface area contributed by atoms with Crippen molar-refractivity contribution in [3.05, 3.63) is 80.1 Å². The number of aryl methyl sites for hydroxylation is 1. The van der Waals surface area contributed by atoms with Crippen molar-refractivity contribution >= 4 is 0 Å². The van der Waals surface area contributed by atoms with E-state index in [0.29, 0.717) is 0 Å². The third kappa shape index (κ3) is 6.69. The first-order valence-corrected chi connectivity index (χ1v) is 9.43. The first-order chi connectivity index (χ1) is 13.5. The lowest BCUT2D eigenvalue weighted by Crippen LogP contribution is -2.30. The van der Waals surface area contributed by atoms with Crippen molar-refractivity contribution < 1.29 is 10.2 Å². The van der Waals surface area contributed by atoms with Crippen LogP contribution >= 0.6 is 0 Å². The molecule has 1 aromatic heterocycles. The zero-order chi connectivity index (χ0) is 20.4. The van der Waals surface area contributed by atoms with Crippen LogP contribution in [0.5, 0.6) is 0 Å². The number of nitrogens with one attached hydrogen (secondary N) is 1. The van der Waals surface area contributed by atoms with Crippen molar-refractivity contribution in [2.45, 2.75) is 45.3 Å². The molecule has 2 rings (SSSR count). The third-order valence-electron chi connectivity index (χ3n) is 4.22. The van der Waals surface area contributed by atoms with Crippen molar-refractivity contribution in [2.75, 3.05) is 6.61 Å². The Morgan fingerprint density at radius 3 is 2.61 bits per heavy atom. The fraction of sp³-hybridized carbons (Fsp3) is 0.364. The van der Waals surface area contributed by atoms with Crippen LogP contribution < -0.4 is 11.2 Å². The number of rotatable bonds is 8. The second-order valence-corrected chi connectivity index (χ2v) is 6.54. The van der Waals surface area contributed by atoms with E-state index < -0.39 is 24.0 Å². The molecule has 0 aliphatic rings. The maximum Gasteiger partial charge on any atom is 0.328 e. The van der Waals surface area contributed by atoms with Gasteiger partial charge in [-0.05, 0) is 30.5 Å². The van der Waals surface area contributed by atoms with Crippen LogP contribution in [-0.4, -0.2) is 32.5 Å². The number of aromatic amines is 1. The van der Waals surface area contributed by atoms with Crippen molar-refractivity contribution in [2.24, 2.45) is 0 Å². The van der Waals surface area contributed by atoms with Gasteiger partial charge in [-0.3, -0.25) is 14.3 Å². The smallest absolute Gasteiger partial charge is 0.328 e. The lowest BCUT2D eigenvalue weighted by atomic mass is 10.1. The van der Waals surface area contributed by atoms with E-state index >= 15 is 0 Å². The first kappa shape index (κ1) is 21.4. The lowest BCUT2D eigenvalue weighted by Gasteiger charge is -2.03. The fourth-order valence-corrected chi connectivity index (χ4v) is 2.60. The number of nitrogens with zero attached hydrogens (tertiary/aromatic N) is 1. The molecule has 1 atom stereocenters. The Hall–Kier alpha value is -2.88. The van der Waals surface area contributed by atoms with Gasteiger partial charge in [0.05, 0.1) is 12.7 Å². The number of aliphatic hydroxyl groups excluding tert-OH is 2. The minimum Gasteiger partial charge on any atom is -0.393 e. The van der Waals surface area contributed by atoms with Gasteiger partial charge in [-0.15, -0.1) is 0 Å². The van der Waals surface area contributed by atoms with Gasteiger partial charge in [-0.2, -0.15) is 0 Å². The topological polar surface area (TPSA) is 95.3 Å². The van der Waals surface area contributed by atoms with E-state index in [1.54, 1.807) is 0 Å². The van der Waals surface area contributed by atoms with Crippen molar-refractivity contribution in [3.8, 4) is 11.8 Å². The summed E-state index contributed by atoms with van der Waals surface area (Å²) in [5, 5.41) is 18.1. The Bertz CT molecular complexity index is 959. The molecule has 3 N–H and O–H groups in total. The number of H-pyrrole nitrogens is 1. The van der Waals surface area contributed by atoms with Gasteiger partial charge in [0, 0.05) is 18.3 Å². The maximum atomic E-state index is 12.0. The van der Waals surface area contributed by atoms with Crippen molar-refractivity contribution in [1.29, 1.82) is 0 Å². The van der Waals surface area contributed by atoms with Crippen LogP contribution in [0.4, 0.5) is 0 Å². The van der Waals surface area contributed by atoms with E-state index in [-0.39, 0.29) is 12.1 Å². The minimum absolute atomic E-state index is 0.147. The summed E-state index contributed by atoms with van der Waals surface area (Å²) in [5.41, 5.74) is 1.15. The highest BCUT2D eigenvalue weighted by atomic mass is 16.3. The van der Waals surface area contributed by atoms with Crippen LogP contribution in [-0.2, 0) is 13.0 Å². The van der Waals surface area contributed by atoms with Crippen LogP contribution in [0.15, 0.2) is 52.2 Å². The van der Waals surface area contributed by atoms with Gasteiger partial charge in [0.1, 0.15) is 5.56 Å². The zero-order valence-electron chi connectivity index (χ0n) is 16.0. The number of hydrogen-bond donors (Lipinski definition) is 3. The Labute approximate surface area is 164 Å². The molecule has 0 fully saturated rings. The number of benzene rings is 1. The van der Waals surface area contributed by atoms with E-state index in [2.05, 4.69) is 23.7 Å². The van der Waals surface area contributed by atoms with Gasteiger partial charge in [-0.1, -0.05) is 55.9 Å². The Kier molecular flexibility index (Phi) is 8.47. The van der Waals surface area contributed by atoms with Crippen LogP contribution in [0.25, 0.3) is 0 Å². The first-order valence-electron chi connectivity index (χ1n) is 9.43. The summed E-state index contributed by atoms with van der Waals surface area (Å²) in [6, 6.07) is 7.94. The van der Waals surface area contributed by atoms with E-state index in [9.17, 15) is 14.7 Å². The van der Waals surface area contributed by atoms with E-state index in [1.165, 1.54) is 47.7 Å². The fourth-order valence-electron chi connectivity index (χ4n) is 2.60. The molecule has 0 saturated heterocycles. The molecule has 6 nitrogen and oxygen atoms in total. The average molecular weight is 382 g/mol. The monoisotopic (exact) mass is 382 g/mol. The van der Waals surface area contributed by atoms with Crippen molar-refractivity contribution in [3.63, 3.8) is 0 Å². The predicted octanol–water partition coefficient (Wildman–Crippen LogP) is 1.58. The SMILES string of the molecule is CCCCCc1ccc(C#Cc2cn(C/C=C/C(O)CO)c(=O)[nH]c2=O)cc1. The summed E-state index contributed by atoms with van der Waals surface area (Å²) in [6.07, 6.45) is 7.95. The largest absolute Gasteiger partial charge is 0.393 e. The van der Waals surface area contributed by atoms with Gasteiger partial charge in [0.2, 0.25) is 0 Å². The standard InChI is InChI=1S/C22H26N2O4/c1-2-3-4-6-17-8-10-18(11-9-17)12-13-19-15-24(22(28)23-21(19)27)14-5-7-20(26)16-25/h5,7-11,15,20,25-26H,2-4,6,14,16H2,1H3,(H,23,27,28)/b7-5+. The van der Waals surface area contributed by atoms with Crippen LogP contribution in [0.2, 0.25) is 0 Å². The summed E-state index contributed by atoms with van der Waals surface area (Å²) in [4.78, 5) is 26.1. The molecule has 0 amide bonds. The summed E-state index contributed by atoms with van der Waals surface area (Å²) in [5.74, 6) is 5.76. The molecule has 0 saturated carbocycles. The van der Waals surface area contributed by atoms with Gasteiger partial charge >= 0.3 is 5.69 Å². The second kappa shape index (κ2) is 11.1. The highest BCUT2D eigenvalue weighted by Crippen LogP contribution is 2.08. The number of unbranched alkanes of at least 4 members (excludes halogenated alkanes) is 2. The summed E-state index contributed by atoms with van der Waals surface area (Å²) < 4.78 is 1.28. The molecule has 148 valence electrons. The second-order valence-electron chi connectivity index (χ2n) is 6.54. The molecule has 1 heterocycles. The van der Waals surface area contributed by atoms with E-state index in [0.717, 1.165) is 12.0 Å². The minimum atomic E-state index is -0.984. The molecule has 0 aliphatic heterocycles. The molecule has 2 aromatic rings. The summed E-state index contributed by atoms with van der Waals surface area (Å²) >= 11 is 0. The molecule has 0 spiro atoms. The Balaban J connectivity index is 2.14. The third-order valence-corrected chi connectivity index (χ3v) is 4.22. The molecular weight excluding hydrogens is 356 g/mol.